The molecular weight excluding hydrogens is 322 g/mol. The smallest absolute Gasteiger partial charge is 0.307 e. The standard InChI is InChI=1S/C14H14BrN3O2/c1-20-14(19)8-9-16-13-7-6-12(17-18-13)10-4-2-3-5-11(10)15/h2-7H,8-9H2,1H3,(H,16,18). The van der Waals surface area contributed by atoms with E-state index in [-0.39, 0.29) is 5.97 Å². The van der Waals surface area contributed by atoms with E-state index in [1.165, 1.54) is 7.11 Å². The minimum atomic E-state index is -0.254. The highest BCUT2D eigenvalue weighted by molar-refractivity contribution is 9.10. The Labute approximate surface area is 125 Å². The number of anilines is 1. The average Bonchev–Trinajstić information content (AvgIpc) is 2.48. The Bertz CT molecular complexity index is 587. The fourth-order valence-corrected chi connectivity index (χ4v) is 2.12. The van der Waals surface area contributed by atoms with Gasteiger partial charge in [-0.25, -0.2) is 0 Å². The van der Waals surface area contributed by atoms with Gasteiger partial charge in [-0.2, -0.15) is 0 Å². The van der Waals surface area contributed by atoms with E-state index in [4.69, 9.17) is 0 Å². The van der Waals surface area contributed by atoms with Gasteiger partial charge in [0.25, 0.3) is 0 Å². The predicted octanol–water partition coefficient (Wildman–Crippen LogP) is 2.88. The van der Waals surface area contributed by atoms with Gasteiger partial charge in [0, 0.05) is 16.6 Å². The highest BCUT2D eigenvalue weighted by Gasteiger charge is 2.05. The number of rotatable bonds is 5. The zero-order valence-electron chi connectivity index (χ0n) is 11.0. The van der Waals surface area contributed by atoms with Crippen LogP contribution in [0.4, 0.5) is 5.82 Å². The number of methoxy groups -OCH3 is 1. The number of nitrogens with one attached hydrogen (secondary N) is 1. The highest BCUT2D eigenvalue weighted by Crippen LogP contribution is 2.26. The Morgan fingerprint density at radius 1 is 1.25 bits per heavy atom. The molecule has 0 aliphatic heterocycles. The van der Waals surface area contributed by atoms with Crippen LogP contribution < -0.4 is 5.32 Å². The lowest BCUT2D eigenvalue weighted by Gasteiger charge is -2.06. The molecule has 2 aromatic rings. The molecule has 5 nitrogen and oxygen atoms in total. The monoisotopic (exact) mass is 335 g/mol. The normalized spacial score (nSPS) is 10.1. The molecule has 1 heterocycles. The van der Waals surface area contributed by atoms with E-state index in [1.807, 2.05) is 36.4 Å². The quantitative estimate of drug-likeness (QED) is 0.851. The first-order valence-electron chi connectivity index (χ1n) is 6.10. The third-order valence-corrected chi connectivity index (χ3v) is 3.37. The van der Waals surface area contributed by atoms with Crippen molar-refractivity contribution < 1.29 is 9.53 Å². The number of hydrogen-bond acceptors (Lipinski definition) is 5. The van der Waals surface area contributed by atoms with Crippen LogP contribution in [0.2, 0.25) is 0 Å². The lowest BCUT2D eigenvalue weighted by atomic mass is 10.1. The maximum Gasteiger partial charge on any atom is 0.307 e. The Morgan fingerprint density at radius 2 is 2.05 bits per heavy atom. The predicted molar refractivity (Wildman–Crippen MR) is 80.3 cm³/mol. The van der Waals surface area contributed by atoms with Crippen LogP contribution in [0.1, 0.15) is 6.42 Å². The number of nitrogens with zero attached hydrogens (tertiary/aromatic N) is 2. The maximum absolute atomic E-state index is 11.0. The summed E-state index contributed by atoms with van der Waals surface area (Å²) in [7, 11) is 1.37. The lowest BCUT2D eigenvalue weighted by molar-refractivity contribution is -0.140. The van der Waals surface area contributed by atoms with E-state index in [9.17, 15) is 4.79 Å². The third-order valence-electron chi connectivity index (χ3n) is 2.68. The van der Waals surface area contributed by atoms with E-state index in [1.54, 1.807) is 0 Å². The van der Waals surface area contributed by atoms with Gasteiger partial charge in [0.2, 0.25) is 0 Å². The molecule has 20 heavy (non-hydrogen) atoms. The fourth-order valence-electron chi connectivity index (χ4n) is 1.63. The van der Waals surface area contributed by atoms with Gasteiger partial charge in [0.1, 0.15) is 5.82 Å². The van der Waals surface area contributed by atoms with Crippen LogP contribution in [0, 0.1) is 0 Å². The zero-order valence-corrected chi connectivity index (χ0v) is 12.6. The Kier molecular flexibility index (Phi) is 5.06. The van der Waals surface area contributed by atoms with Gasteiger partial charge >= 0.3 is 5.97 Å². The summed E-state index contributed by atoms with van der Waals surface area (Å²) in [4.78, 5) is 11.0. The fraction of sp³-hybridized carbons (Fsp3) is 0.214. The molecule has 0 aliphatic rings. The molecule has 0 aliphatic carbocycles. The number of aromatic nitrogens is 2. The SMILES string of the molecule is COC(=O)CCNc1ccc(-c2ccccc2Br)nn1. The molecule has 0 unspecified atom stereocenters. The van der Waals surface area contributed by atoms with Crippen LogP contribution in [-0.4, -0.2) is 29.8 Å². The second-order valence-electron chi connectivity index (χ2n) is 4.04. The maximum atomic E-state index is 11.0. The average molecular weight is 336 g/mol. The molecule has 1 N–H and O–H groups in total. The van der Waals surface area contributed by atoms with Gasteiger partial charge in [-0.05, 0) is 18.2 Å². The second-order valence-corrected chi connectivity index (χ2v) is 4.89. The van der Waals surface area contributed by atoms with Gasteiger partial charge < -0.3 is 10.1 Å². The van der Waals surface area contributed by atoms with Crippen LogP contribution in [0.15, 0.2) is 40.9 Å². The molecule has 2 rings (SSSR count). The number of hydrogen-bond donors (Lipinski definition) is 1. The zero-order chi connectivity index (χ0) is 14.4. The van der Waals surface area contributed by atoms with Gasteiger partial charge in [-0.3, -0.25) is 4.79 Å². The molecule has 0 fully saturated rings. The first-order chi connectivity index (χ1) is 9.70. The number of benzene rings is 1. The molecule has 6 heteroatoms. The van der Waals surface area contributed by atoms with E-state index in [2.05, 4.69) is 36.2 Å². The number of carbonyl (C=O) groups excluding carboxylic acids is 1. The van der Waals surface area contributed by atoms with Crippen molar-refractivity contribution in [3.05, 3.63) is 40.9 Å². The number of ether oxygens (including phenoxy) is 1. The summed E-state index contributed by atoms with van der Waals surface area (Å²) < 4.78 is 5.53. The molecule has 0 saturated heterocycles. The molecule has 1 aromatic heterocycles. The molecule has 104 valence electrons. The first kappa shape index (κ1) is 14.5. The van der Waals surface area contributed by atoms with E-state index in [0.717, 1.165) is 15.7 Å². The van der Waals surface area contributed by atoms with Gasteiger partial charge in [-0.15, -0.1) is 10.2 Å². The van der Waals surface area contributed by atoms with Crippen molar-refractivity contribution in [1.82, 2.24) is 10.2 Å². The van der Waals surface area contributed by atoms with E-state index >= 15 is 0 Å². The van der Waals surface area contributed by atoms with Crippen LogP contribution in [-0.2, 0) is 9.53 Å². The van der Waals surface area contributed by atoms with Crippen molar-refractivity contribution in [2.24, 2.45) is 0 Å². The number of halogens is 1. The van der Waals surface area contributed by atoms with Gasteiger partial charge in [0.05, 0.1) is 19.2 Å². The van der Waals surface area contributed by atoms with Gasteiger partial charge in [0.15, 0.2) is 0 Å². The van der Waals surface area contributed by atoms with Crippen molar-refractivity contribution in [2.45, 2.75) is 6.42 Å². The van der Waals surface area contributed by atoms with Crippen LogP contribution in [0.3, 0.4) is 0 Å². The molecule has 1 aromatic carbocycles. The van der Waals surface area contributed by atoms with Crippen LogP contribution >= 0.6 is 15.9 Å². The van der Waals surface area contributed by atoms with Gasteiger partial charge in [-0.1, -0.05) is 34.1 Å². The summed E-state index contributed by atoms with van der Waals surface area (Å²) in [5, 5.41) is 11.3. The van der Waals surface area contributed by atoms with E-state index in [0.29, 0.717) is 18.8 Å². The molecule has 0 spiro atoms. The lowest BCUT2D eigenvalue weighted by Crippen LogP contribution is -2.10. The van der Waals surface area contributed by atoms with Crippen molar-refractivity contribution in [3.63, 3.8) is 0 Å². The minimum absolute atomic E-state index is 0.254. The molecule has 0 amide bonds. The summed E-state index contributed by atoms with van der Waals surface area (Å²) >= 11 is 3.48. The molecule has 0 radical (unpaired) electrons. The van der Waals surface area contributed by atoms with Crippen molar-refractivity contribution in [3.8, 4) is 11.3 Å². The third kappa shape index (κ3) is 3.77. The topological polar surface area (TPSA) is 64.1 Å². The Balaban J connectivity index is 2.00. The second kappa shape index (κ2) is 7.00. The Hall–Kier alpha value is -1.95. The minimum Gasteiger partial charge on any atom is -0.469 e. The van der Waals surface area contributed by atoms with Crippen LogP contribution in [0.5, 0.6) is 0 Å². The van der Waals surface area contributed by atoms with E-state index < -0.39 is 0 Å². The Morgan fingerprint density at radius 3 is 2.70 bits per heavy atom. The number of esters is 1. The highest BCUT2D eigenvalue weighted by atomic mass is 79.9. The summed E-state index contributed by atoms with van der Waals surface area (Å²) in [5.74, 6) is 0.375. The largest absolute Gasteiger partial charge is 0.469 e. The summed E-state index contributed by atoms with van der Waals surface area (Å²) in [6.07, 6.45) is 0.296. The van der Waals surface area contributed by atoms with Crippen molar-refractivity contribution in [2.75, 3.05) is 19.0 Å². The molecule has 0 saturated carbocycles. The van der Waals surface area contributed by atoms with Crippen molar-refractivity contribution >= 4 is 27.7 Å². The van der Waals surface area contributed by atoms with Crippen molar-refractivity contribution in [1.29, 1.82) is 0 Å². The molecular formula is C14H14BrN3O2. The van der Waals surface area contributed by atoms with Crippen LogP contribution in [0.25, 0.3) is 11.3 Å². The summed E-state index contributed by atoms with van der Waals surface area (Å²) in [6.45, 7) is 0.468. The first-order valence-corrected chi connectivity index (χ1v) is 6.89. The summed E-state index contributed by atoms with van der Waals surface area (Å²) in [6, 6.07) is 11.5. The number of carbonyl (C=O) groups is 1. The molecule has 0 atom stereocenters. The molecule has 0 bridgehead atoms. The summed E-state index contributed by atoms with van der Waals surface area (Å²) in [5.41, 5.74) is 1.78.